The molecule has 0 bridgehead atoms. The van der Waals surface area contributed by atoms with Gasteiger partial charge >= 0.3 is 0 Å². The van der Waals surface area contributed by atoms with Gasteiger partial charge in [0.15, 0.2) is 22.7 Å². The molecule has 0 aliphatic carbocycles. The van der Waals surface area contributed by atoms with Crippen LogP contribution in [0.3, 0.4) is 0 Å². The highest BCUT2D eigenvalue weighted by Gasteiger charge is 2.24. The minimum Gasteiger partial charge on any atom is -0.309 e. The first-order valence-electron chi connectivity index (χ1n) is 24.6. The Kier molecular flexibility index (Phi) is 11.7. The van der Waals surface area contributed by atoms with E-state index in [9.17, 15) is 26.3 Å². The Hall–Kier alpha value is -12.9. The molecule has 0 fully saturated rings. The van der Waals surface area contributed by atoms with Crippen molar-refractivity contribution in [2.45, 2.75) is 0 Å². The summed E-state index contributed by atoms with van der Waals surface area (Å²) in [6.45, 7) is 31.3. The summed E-state index contributed by atoms with van der Waals surface area (Å²) in [6.07, 6.45) is 3.43. The van der Waals surface area contributed by atoms with Gasteiger partial charge in [0.05, 0.1) is 112 Å². The Morgan fingerprint density at radius 3 is 1.11 bits per heavy atom. The normalized spacial score (nSPS) is 10.6. The van der Waals surface area contributed by atoms with Gasteiger partial charge in [0.2, 0.25) is 0 Å². The molecule has 0 aliphatic heterocycles. The molecule has 0 saturated carbocycles. The number of rotatable bonds is 7. The van der Waals surface area contributed by atoms with Crippen molar-refractivity contribution in [2.24, 2.45) is 0 Å². The third kappa shape index (κ3) is 7.82. The molecule has 3 heterocycles. The van der Waals surface area contributed by atoms with Crippen LogP contribution in [-0.4, -0.2) is 14.1 Å². The summed E-state index contributed by atoms with van der Waals surface area (Å²) in [5.74, 6) is 0. The second-order valence-electron chi connectivity index (χ2n) is 18.7. The van der Waals surface area contributed by atoms with Crippen molar-refractivity contribution in [1.82, 2.24) is 14.1 Å². The Balaban J connectivity index is 1.15. The first-order chi connectivity index (χ1) is 39.2. The molecular formula is C68H30N12. The number of hydrogen-bond acceptors (Lipinski definition) is 6. The molecule has 0 atom stereocenters. The summed E-state index contributed by atoms with van der Waals surface area (Å²) in [4.78, 5) is 19.1. The predicted molar refractivity (Wildman–Crippen MR) is 309 cm³/mol. The SMILES string of the molecule is [C-]#[N+]c1ccc(-c2ccc3c(c2)c2cc(-c4ccc([N+]#[C-])cc4[N+]#[C-])ccc2n3-c2cc(C#N)c(-n3c4ccc(-c5ccc(C#N)cc5C#N)cc4c4cc(-c5ccc(C#N)cc5C#N)ccc43)cc2-c2ccncc2)c([N+]#[C-])c1. The molecule has 0 amide bonds. The molecule has 12 nitrogen and oxygen atoms in total. The van der Waals surface area contributed by atoms with Gasteiger partial charge in [-0.05, 0) is 147 Å². The molecule has 362 valence electrons. The molecule has 80 heavy (non-hydrogen) atoms. The number of hydrogen-bond donors (Lipinski definition) is 0. The molecule has 0 radical (unpaired) electrons. The monoisotopic (exact) mass is 1010 g/mol. The van der Waals surface area contributed by atoms with Crippen LogP contribution in [0.1, 0.15) is 27.8 Å². The Morgan fingerprint density at radius 2 is 0.725 bits per heavy atom. The maximum Gasteiger partial charge on any atom is 0.184 e. The van der Waals surface area contributed by atoms with Crippen molar-refractivity contribution >= 4 is 66.4 Å². The summed E-state index contributed by atoms with van der Waals surface area (Å²) in [5, 5.41) is 54.6. The highest BCUT2D eigenvalue weighted by molar-refractivity contribution is 6.14. The smallest absolute Gasteiger partial charge is 0.184 e. The van der Waals surface area contributed by atoms with Crippen molar-refractivity contribution in [3.8, 4) is 97.4 Å². The lowest BCUT2D eigenvalue weighted by Gasteiger charge is -2.19. The van der Waals surface area contributed by atoms with E-state index in [4.69, 9.17) is 26.3 Å². The molecule has 12 aromatic rings. The Labute approximate surface area is 457 Å². The molecular weight excluding hydrogens is 985 g/mol. The Bertz CT molecular complexity index is 4860. The van der Waals surface area contributed by atoms with Crippen LogP contribution < -0.4 is 0 Å². The molecule has 0 N–H and O–H groups in total. The van der Waals surface area contributed by atoms with E-state index >= 15 is 0 Å². The molecule has 3 aromatic heterocycles. The maximum absolute atomic E-state index is 11.5. The van der Waals surface area contributed by atoms with Crippen molar-refractivity contribution < 1.29 is 0 Å². The van der Waals surface area contributed by atoms with Crippen molar-refractivity contribution in [1.29, 1.82) is 26.3 Å². The summed E-state index contributed by atoms with van der Waals surface area (Å²) in [6, 6.07) is 62.9. The van der Waals surface area contributed by atoms with Gasteiger partial charge in [-0.15, -0.1) is 0 Å². The zero-order valence-corrected chi connectivity index (χ0v) is 41.7. The molecule has 0 saturated heterocycles. The fraction of sp³-hybridized carbons (Fsp3) is 0. The highest BCUT2D eigenvalue weighted by Crippen LogP contribution is 2.46. The minimum atomic E-state index is 0.328. The van der Waals surface area contributed by atoms with Crippen LogP contribution in [-0.2, 0) is 0 Å². The van der Waals surface area contributed by atoms with Crippen LogP contribution in [0.25, 0.3) is 130 Å². The van der Waals surface area contributed by atoms with Crippen LogP contribution in [0.15, 0.2) is 182 Å². The average Bonchev–Trinajstić information content (AvgIpc) is 4.25. The quantitative estimate of drug-likeness (QED) is 0.145. The van der Waals surface area contributed by atoms with Crippen LogP contribution in [0.4, 0.5) is 22.7 Å². The zero-order valence-electron chi connectivity index (χ0n) is 41.7. The van der Waals surface area contributed by atoms with Crippen molar-refractivity contribution in [3.05, 3.63) is 256 Å². The lowest BCUT2D eigenvalue weighted by atomic mass is 9.95. The zero-order chi connectivity index (χ0) is 55.2. The predicted octanol–water partition coefficient (Wildman–Crippen LogP) is 17.2. The van der Waals surface area contributed by atoms with Crippen LogP contribution in [0.2, 0.25) is 0 Å². The lowest BCUT2D eigenvalue weighted by molar-refractivity contribution is 1.13. The van der Waals surface area contributed by atoms with Gasteiger partial charge in [0.25, 0.3) is 0 Å². The van der Waals surface area contributed by atoms with E-state index in [1.54, 1.807) is 85.2 Å². The lowest BCUT2D eigenvalue weighted by Crippen LogP contribution is -2.04. The molecule has 12 heteroatoms. The van der Waals surface area contributed by atoms with Gasteiger partial charge in [-0.1, -0.05) is 72.8 Å². The van der Waals surface area contributed by atoms with Crippen molar-refractivity contribution in [2.75, 3.05) is 0 Å². The van der Waals surface area contributed by atoms with Gasteiger partial charge in [-0.3, -0.25) is 4.98 Å². The summed E-state index contributed by atoms with van der Waals surface area (Å²) < 4.78 is 4.17. The van der Waals surface area contributed by atoms with E-state index < -0.39 is 0 Å². The fourth-order valence-electron chi connectivity index (χ4n) is 10.8. The first kappa shape index (κ1) is 48.1. The van der Waals surface area contributed by atoms with Gasteiger partial charge < -0.3 is 9.13 Å². The van der Waals surface area contributed by atoms with E-state index in [-0.39, 0.29) is 0 Å². The molecule has 0 unspecified atom stereocenters. The second-order valence-corrected chi connectivity index (χ2v) is 18.7. The third-order valence-corrected chi connectivity index (χ3v) is 14.5. The van der Waals surface area contributed by atoms with E-state index in [2.05, 4.69) is 59.3 Å². The van der Waals surface area contributed by atoms with Crippen LogP contribution in [0.5, 0.6) is 0 Å². The highest BCUT2D eigenvalue weighted by atomic mass is 15.0. The maximum atomic E-state index is 11.5. The second kappa shape index (κ2) is 19.4. The van der Waals surface area contributed by atoms with E-state index in [0.29, 0.717) is 84.2 Å². The third-order valence-electron chi connectivity index (χ3n) is 14.5. The molecule has 9 aromatic carbocycles. The molecule has 0 aliphatic rings. The van der Waals surface area contributed by atoms with Gasteiger partial charge in [-0.2, -0.15) is 26.3 Å². The van der Waals surface area contributed by atoms with Gasteiger partial charge in [0.1, 0.15) is 6.07 Å². The largest absolute Gasteiger partial charge is 0.309 e. The summed E-state index contributed by atoms with van der Waals surface area (Å²) >= 11 is 0. The fourth-order valence-corrected chi connectivity index (χ4v) is 10.8. The topological polar surface area (TPSA) is 159 Å². The number of benzene rings is 9. The number of aromatic nitrogens is 3. The number of fused-ring (bicyclic) bond motifs is 6. The molecule has 0 spiro atoms. The first-order valence-corrected chi connectivity index (χ1v) is 24.6. The van der Waals surface area contributed by atoms with E-state index in [0.717, 1.165) is 77.0 Å². The van der Waals surface area contributed by atoms with E-state index in [1.165, 1.54) is 0 Å². The summed E-state index contributed by atoms with van der Waals surface area (Å²) in [5.41, 5.74) is 14.4. The standard InChI is InChI=1S/C68H30N12/c1-74-50-11-15-54(61(32-50)76-3)45-9-19-65-59(29-45)60-30-46(55-16-12-51(75-2)33-62(55)77-4)10-20-66(60)80(65)68-31-49(39-73)67(34-56(68)42-21-23-78-24-22-42)79-63-17-7-43(52-13-5-40(35-69)25-47(52)37-71)27-57(63)58-28-44(8-18-64(58)79)53-14-6-41(36-70)26-48(53)38-72/h5-34H. The van der Waals surface area contributed by atoms with Crippen molar-refractivity contribution in [3.63, 3.8) is 0 Å². The number of pyridine rings is 1. The van der Waals surface area contributed by atoms with Crippen LogP contribution >= 0.6 is 0 Å². The van der Waals surface area contributed by atoms with Gasteiger partial charge in [0, 0.05) is 39.5 Å². The molecule has 12 rings (SSSR count). The summed E-state index contributed by atoms with van der Waals surface area (Å²) in [7, 11) is 0. The average molecular weight is 1020 g/mol. The van der Waals surface area contributed by atoms with Gasteiger partial charge in [-0.25, -0.2) is 19.4 Å². The Morgan fingerprint density at radius 1 is 0.325 bits per heavy atom. The number of nitriles is 5. The van der Waals surface area contributed by atoms with Crippen LogP contribution in [0, 0.1) is 82.9 Å². The minimum absolute atomic E-state index is 0.328. The van der Waals surface area contributed by atoms with E-state index in [1.807, 2.05) is 102 Å². The number of nitrogens with zero attached hydrogens (tertiary/aromatic N) is 12.